The lowest BCUT2D eigenvalue weighted by Crippen LogP contribution is -2.18. The monoisotopic (exact) mass is 516 g/mol. The molecule has 38 heavy (non-hydrogen) atoms. The second kappa shape index (κ2) is 28.5. The molecule has 0 N–H and O–H groups in total. The third-order valence-electron chi connectivity index (χ3n) is 5.08. The summed E-state index contributed by atoms with van der Waals surface area (Å²) in [6.07, 6.45) is 1.03. The number of benzene rings is 4. The quantitative estimate of drug-likeness (QED) is 0.253. The van der Waals surface area contributed by atoms with Gasteiger partial charge in [-0.25, -0.2) is 0 Å². The predicted octanol–water partition coefficient (Wildman–Crippen LogP) is 12.7. The van der Waals surface area contributed by atoms with E-state index >= 15 is 0 Å². The molecule has 0 nitrogen and oxygen atoms in total. The van der Waals surface area contributed by atoms with Crippen molar-refractivity contribution in [2.45, 2.75) is 95.9 Å². The Morgan fingerprint density at radius 1 is 0.368 bits per heavy atom. The van der Waals surface area contributed by atoms with Gasteiger partial charge in [0.15, 0.2) is 0 Å². The summed E-state index contributed by atoms with van der Waals surface area (Å²) in [6.45, 7) is 20.5. The van der Waals surface area contributed by atoms with Crippen LogP contribution in [0.3, 0.4) is 0 Å². The first-order valence-electron chi connectivity index (χ1n) is 13.8. The van der Waals surface area contributed by atoms with Crippen LogP contribution in [0.15, 0.2) is 121 Å². The second-order valence-electron chi connectivity index (χ2n) is 7.51. The highest BCUT2D eigenvalue weighted by Gasteiger charge is 2.21. The van der Waals surface area contributed by atoms with Crippen LogP contribution in [0.2, 0.25) is 0 Å². The third-order valence-corrected chi connectivity index (χ3v) is 5.08. The van der Waals surface area contributed by atoms with E-state index in [9.17, 15) is 0 Å². The van der Waals surface area contributed by atoms with Crippen molar-refractivity contribution in [3.63, 3.8) is 0 Å². The van der Waals surface area contributed by atoms with Crippen LogP contribution in [0.25, 0.3) is 0 Å². The van der Waals surface area contributed by atoms with Crippen molar-refractivity contribution in [1.82, 2.24) is 0 Å². The minimum atomic E-state index is 0. The van der Waals surface area contributed by atoms with Crippen molar-refractivity contribution in [1.29, 1.82) is 0 Å². The molecule has 4 aromatic carbocycles. The molecule has 0 heteroatoms. The molecule has 0 unspecified atom stereocenters. The number of hydrogen-bond acceptors (Lipinski definition) is 0. The van der Waals surface area contributed by atoms with Gasteiger partial charge in [-0.1, -0.05) is 205 Å². The lowest BCUT2D eigenvalue weighted by atomic mass is 9.78. The van der Waals surface area contributed by atoms with Gasteiger partial charge in [-0.3, -0.25) is 0 Å². The fraction of sp³-hybridized carbons (Fsp3) is 0.368. The fourth-order valence-corrected chi connectivity index (χ4v) is 3.30. The molecule has 4 rings (SSSR count). The Hall–Kier alpha value is -3.12. The van der Waals surface area contributed by atoms with E-state index in [0.29, 0.717) is 0 Å². The predicted molar refractivity (Wildman–Crippen MR) is 180 cm³/mol. The fourth-order valence-electron chi connectivity index (χ4n) is 3.30. The summed E-state index contributed by atoms with van der Waals surface area (Å²) in [4.78, 5) is 0. The zero-order valence-corrected chi connectivity index (χ0v) is 24.8. The van der Waals surface area contributed by atoms with Crippen molar-refractivity contribution >= 4 is 0 Å². The average Bonchev–Trinajstić information content (AvgIpc) is 3.00. The molecule has 0 radical (unpaired) electrons. The zero-order chi connectivity index (χ0) is 27.7. The van der Waals surface area contributed by atoms with Crippen LogP contribution in [0, 0.1) is 0 Å². The molecule has 0 bridgehead atoms. The van der Waals surface area contributed by atoms with E-state index < -0.39 is 0 Å². The Balaban J connectivity index is -0.000000232. The lowest BCUT2D eigenvalue weighted by molar-refractivity contribution is 0.641. The van der Waals surface area contributed by atoms with Crippen LogP contribution >= 0.6 is 0 Å². The van der Waals surface area contributed by atoms with Crippen LogP contribution in [-0.2, 0) is 11.8 Å². The summed E-state index contributed by atoms with van der Waals surface area (Å²) < 4.78 is 0. The minimum Gasteiger partial charge on any atom is -0.0776 e. The molecule has 212 valence electrons. The van der Waals surface area contributed by atoms with Gasteiger partial charge in [-0.15, -0.1) is 0 Å². The Morgan fingerprint density at radius 3 is 0.816 bits per heavy atom. The molecule has 0 aromatic heterocycles. The smallest absolute Gasteiger partial charge is 0.0146 e. The minimum absolute atomic E-state index is 0. The molecule has 0 saturated heterocycles. The van der Waals surface area contributed by atoms with Gasteiger partial charge in [-0.05, 0) is 28.7 Å². The first-order chi connectivity index (χ1) is 17.7. The molecule has 0 aliphatic heterocycles. The summed E-state index contributed by atoms with van der Waals surface area (Å²) in [7, 11) is 0. The normalized spacial score (nSPS) is 8.47. The van der Waals surface area contributed by atoms with Gasteiger partial charge in [0.25, 0.3) is 0 Å². The number of rotatable bonds is 4. The first-order valence-corrected chi connectivity index (χ1v) is 13.8. The summed E-state index contributed by atoms with van der Waals surface area (Å²) in [5, 5.41) is 0. The summed E-state index contributed by atoms with van der Waals surface area (Å²) >= 11 is 0. The SMILES string of the molecule is C.C.CC.CC.CC.CC.CC(C)(c1ccccc1)c1ccccc1.c1ccc(Cc2ccccc2)cc1. The van der Waals surface area contributed by atoms with Gasteiger partial charge in [-0.2, -0.15) is 0 Å². The maximum Gasteiger partial charge on any atom is 0.0146 e. The summed E-state index contributed by atoms with van der Waals surface area (Å²) in [5.41, 5.74) is 5.54. The average molecular weight is 517 g/mol. The first kappa shape index (κ1) is 42.0. The van der Waals surface area contributed by atoms with Crippen molar-refractivity contribution in [3.05, 3.63) is 144 Å². The van der Waals surface area contributed by atoms with Crippen molar-refractivity contribution in [2.24, 2.45) is 0 Å². The van der Waals surface area contributed by atoms with E-state index in [1.807, 2.05) is 55.4 Å². The Labute approximate surface area is 239 Å². The highest BCUT2D eigenvalue weighted by molar-refractivity contribution is 5.37. The lowest BCUT2D eigenvalue weighted by Gasteiger charge is -2.25. The largest absolute Gasteiger partial charge is 0.0776 e. The van der Waals surface area contributed by atoms with Crippen molar-refractivity contribution in [3.8, 4) is 0 Å². The molecule has 0 saturated carbocycles. The molecule has 0 atom stereocenters. The Morgan fingerprint density at radius 2 is 0.579 bits per heavy atom. The van der Waals surface area contributed by atoms with E-state index in [2.05, 4.69) is 135 Å². The maximum atomic E-state index is 2.26. The Bertz CT molecular complexity index is 845. The molecular formula is C38H60. The van der Waals surface area contributed by atoms with Gasteiger partial charge >= 0.3 is 0 Å². The topological polar surface area (TPSA) is 0 Å². The van der Waals surface area contributed by atoms with Gasteiger partial charge in [0, 0.05) is 5.41 Å². The molecule has 0 amide bonds. The van der Waals surface area contributed by atoms with Gasteiger partial charge in [0.2, 0.25) is 0 Å². The summed E-state index contributed by atoms with van der Waals surface area (Å²) in [6, 6.07) is 42.3. The third kappa shape index (κ3) is 16.6. The van der Waals surface area contributed by atoms with E-state index in [1.165, 1.54) is 22.3 Å². The van der Waals surface area contributed by atoms with E-state index in [1.54, 1.807) is 0 Å². The van der Waals surface area contributed by atoms with Gasteiger partial charge in [0.05, 0.1) is 0 Å². The highest BCUT2D eigenvalue weighted by Crippen LogP contribution is 2.30. The Kier molecular flexibility index (Phi) is 31.4. The highest BCUT2D eigenvalue weighted by atomic mass is 14.2. The molecular weight excluding hydrogens is 456 g/mol. The second-order valence-corrected chi connectivity index (χ2v) is 7.51. The van der Waals surface area contributed by atoms with Gasteiger partial charge in [0.1, 0.15) is 0 Å². The van der Waals surface area contributed by atoms with Crippen LogP contribution in [-0.4, -0.2) is 0 Å². The molecule has 0 spiro atoms. The molecule has 0 aliphatic carbocycles. The standard InChI is InChI=1S/C15H16.C13H12.4C2H6.2CH4/c1-15(2,13-9-5-3-6-10-13)14-11-7-4-8-12-14;1-3-7-12(8-4-1)11-13-9-5-2-6-10-13;4*1-2;;/h3-12H,1-2H3;1-10H,11H2;4*1-2H3;2*1H4. The van der Waals surface area contributed by atoms with Crippen molar-refractivity contribution in [2.75, 3.05) is 0 Å². The van der Waals surface area contributed by atoms with Crippen LogP contribution in [0.5, 0.6) is 0 Å². The molecule has 0 heterocycles. The zero-order valence-electron chi connectivity index (χ0n) is 24.8. The summed E-state index contributed by atoms with van der Waals surface area (Å²) in [5.74, 6) is 0. The van der Waals surface area contributed by atoms with E-state index in [0.717, 1.165) is 6.42 Å². The van der Waals surface area contributed by atoms with E-state index in [-0.39, 0.29) is 20.3 Å². The van der Waals surface area contributed by atoms with Crippen LogP contribution < -0.4 is 0 Å². The van der Waals surface area contributed by atoms with Crippen LogP contribution in [0.4, 0.5) is 0 Å². The van der Waals surface area contributed by atoms with Crippen molar-refractivity contribution < 1.29 is 0 Å². The molecule has 0 aliphatic rings. The van der Waals surface area contributed by atoms with Crippen LogP contribution in [0.1, 0.15) is 106 Å². The molecule has 0 fully saturated rings. The number of hydrogen-bond donors (Lipinski definition) is 0. The van der Waals surface area contributed by atoms with Gasteiger partial charge < -0.3 is 0 Å². The maximum absolute atomic E-state index is 2.26. The van der Waals surface area contributed by atoms with E-state index in [4.69, 9.17) is 0 Å². The molecule has 4 aromatic rings.